The molecule has 0 bridgehead atoms. The number of phenolic OH excluding ortho intramolecular Hbond substituents is 1. The van der Waals surface area contributed by atoms with Gasteiger partial charge >= 0.3 is 5.69 Å². The molecule has 1 heterocycles. The zero-order chi connectivity index (χ0) is 17.0. The molecule has 0 saturated carbocycles. The normalized spacial score (nSPS) is 12.7. The summed E-state index contributed by atoms with van der Waals surface area (Å²) in [6.07, 6.45) is 1.34. The molecule has 0 aliphatic heterocycles. The van der Waals surface area contributed by atoms with Crippen molar-refractivity contribution >= 4 is 22.9 Å². The van der Waals surface area contributed by atoms with Crippen LogP contribution in [0.25, 0.3) is 0 Å². The molecule has 0 spiro atoms. The monoisotopic (exact) mass is 317 g/mol. The summed E-state index contributed by atoms with van der Waals surface area (Å²) in [5.41, 5.74) is 6.15. The highest BCUT2D eigenvalue weighted by atomic mass is 16.6. The smallest absolute Gasteiger partial charge is 0.333 e. The van der Waals surface area contributed by atoms with Crippen LogP contribution in [0, 0.1) is 10.1 Å². The number of nitrogens with zero attached hydrogens (tertiary/aromatic N) is 3. The van der Waals surface area contributed by atoms with Crippen LogP contribution < -0.4 is 11.1 Å². The summed E-state index contributed by atoms with van der Waals surface area (Å²) in [7, 11) is 0. The van der Waals surface area contributed by atoms with Gasteiger partial charge in [0.15, 0.2) is 0 Å². The van der Waals surface area contributed by atoms with Gasteiger partial charge in [-0.3, -0.25) is 10.1 Å². The number of rotatable bonds is 5. The molecule has 5 N–H and O–H groups in total. The zero-order valence-corrected chi connectivity index (χ0v) is 12.2. The van der Waals surface area contributed by atoms with Gasteiger partial charge in [-0.25, -0.2) is 4.98 Å². The fraction of sp³-hybridized carbons (Fsp3) is 0.143. The third-order valence-electron chi connectivity index (χ3n) is 3.19. The van der Waals surface area contributed by atoms with Crippen LogP contribution in [0.1, 0.15) is 12.5 Å². The molecule has 120 valence electrons. The van der Waals surface area contributed by atoms with E-state index >= 15 is 0 Å². The quantitative estimate of drug-likeness (QED) is 0.285. The molecule has 0 aliphatic carbocycles. The van der Waals surface area contributed by atoms with Crippen molar-refractivity contribution in [2.75, 3.05) is 11.1 Å². The van der Waals surface area contributed by atoms with E-state index in [9.17, 15) is 20.4 Å². The zero-order valence-electron chi connectivity index (χ0n) is 12.2. The largest absolute Gasteiger partial charge is 0.508 e. The Morgan fingerprint density at radius 1 is 1.39 bits per heavy atom. The Kier molecular flexibility index (Phi) is 4.60. The third-order valence-corrected chi connectivity index (χ3v) is 3.19. The second-order valence-corrected chi connectivity index (χ2v) is 4.75. The van der Waals surface area contributed by atoms with Crippen molar-refractivity contribution in [1.82, 2.24) is 4.98 Å². The lowest BCUT2D eigenvalue weighted by Gasteiger charge is -2.17. The average molecular weight is 317 g/mol. The van der Waals surface area contributed by atoms with Gasteiger partial charge in [-0.15, -0.1) is 0 Å². The Labute approximate surface area is 131 Å². The van der Waals surface area contributed by atoms with E-state index in [1.807, 2.05) is 0 Å². The molecule has 1 unspecified atom stereocenters. The highest BCUT2D eigenvalue weighted by molar-refractivity contribution is 6.05. The summed E-state index contributed by atoms with van der Waals surface area (Å²) in [4.78, 5) is 14.2. The molecule has 23 heavy (non-hydrogen) atoms. The minimum Gasteiger partial charge on any atom is -0.508 e. The van der Waals surface area contributed by atoms with E-state index in [-0.39, 0.29) is 28.7 Å². The van der Waals surface area contributed by atoms with Crippen molar-refractivity contribution in [2.45, 2.75) is 13.0 Å². The van der Waals surface area contributed by atoms with Gasteiger partial charge in [-0.2, -0.15) is 0 Å². The molecule has 1 atom stereocenters. The standard InChI is InChI=1S/C14H15N5O4/c1-8(12(18-21)9-2-4-10(20)5-3-9)17-11-6-7-16-14(15)13(11)19(22)23/h2-8,20-21H,1H3,(H3,15,16,17)/b18-12-. The minimum atomic E-state index is -0.631. The summed E-state index contributed by atoms with van der Waals surface area (Å²) >= 11 is 0. The van der Waals surface area contributed by atoms with Crippen molar-refractivity contribution in [3.8, 4) is 5.75 Å². The molecule has 0 amide bonds. The van der Waals surface area contributed by atoms with Crippen LogP contribution in [0.15, 0.2) is 41.7 Å². The van der Waals surface area contributed by atoms with Crippen LogP contribution >= 0.6 is 0 Å². The maximum absolute atomic E-state index is 11.1. The summed E-state index contributed by atoms with van der Waals surface area (Å²) in [5.74, 6) is -0.136. The fourth-order valence-corrected chi connectivity index (χ4v) is 2.11. The molecule has 9 heteroatoms. The number of benzene rings is 1. The van der Waals surface area contributed by atoms with E-state index in [1.165, 1.54) is 24.4 Å². The lowest BCUT2D eigenvalue weighted by atomic mass is 10.0. The van der Waals surface area contributed by atoms with Gasteiger partial charge < -0.3 is 21.4 Å². The number of hydrogen-bond acceptors (Lipinski definition) is 8. The number of nitrogen functional groups attached to an aromatic ring is 1. The first kappa shape index (κ1) is 16.0. The Bertz CT molecular complexity index is 745. The summed E-state index contributed by atoms with van der Waals surface area (Å²) in [6, 6.07) is 6.87. The van der Waals surface area contributed by atoms with E-state index in [0.717, 1.165) is 0 Å². The number of oxime groups is 1. The Balaban J connectivity index is 2.31. The van der Waals surface area contributed by atoms with Crippen molar-refractivity contribution < 1.29 is 15.2 Å². The SMILES string of the molecule is CC(Nc1ccnc(N)c1[N+](=O)[O-])/C(=N/O)c1ccc(O)cc1. The van der Waals surface area contributed by atoms with E-state index in [1.54, 1.807) is 19.1 Å². The van der Waals surface area contributed by atoms with Gasteiger partial charge in [0.05, 0.1) is 11.0 Å². The van der Waals surface area contributed by atoms with Crippen LogP contribution in [0.2, 0.25) is 0 Å². The molecular weight excluding hydrogens is 302 g/mol. The lowest BCUT2D eigenvalue weighted by Crippen LogP contribution is -2.27. The number of nitro groups is 1. The summed E-state index contributed by atoms with van der Waals surface area (Å²) in [5, 5.41) is 35.8. The maximum atomic E-state index is 11.1. The van der Waals surface area contributed by atoms with Crippen LogP contribution in [-0.4, -0.2) is 32.0 Å². The number of phenols is 1. The Hall–Kier alpha value is -3.36. The first-order valence-corrected chi connectivity index (χ1v) is 6.60. The van der Waals surface area contributed by atoms with Gasteiger partial charge in [-0.1, -0.05) is 5.16 Å². The van der Waals surface area contributed by atoms with E-state index in [2.05, 4.69) is 15.5 Å². The van der Waals surface area contributed by atoms with Crippen LogP contribution in [0.4, 0.5) is 17.2 Å². The Morgan fingerprint density at radius 3 is 2.61 bits per heavy atom. The number of anilines is 2. The van der Waals surface area contributed by atoms with Crippen molar-refractivity contribution in [3.63, 3.8) is 0 Å². The third kappa shape index (κ3) is 3.46. The van der Waals surface area contributed by atoms with Crippen molar-refractivity contribution in [2.24, 2.45) is 5.16 Å². The molecule has 0 aliphatic rings. The molecule has 0 fully saturated rings. The second-order valence-electron chi connectivity index (χ2n) is 4.75. The number of aromatic hydroxyl groups is 1. The van der Waals surface area contributed by atoms with E-state index < -0.39 is 11.0 Å². The van der Waals surface area contributed by atoms with Crippen molar-refractivity contribution in [1.29, 1.82) is 0 Å². The minimum absolute atomic E-state index is 0.0733. The maximum Gasteiger partial charge on any atom is 0.333 e. The van der Waals surface area contributed by atoms with Gasteiger partial charge in [0.1, 0.15) is 17.1 Å². The number of hydrogen-bond donors (Lipinski definition) is 4. The van der Waals surface area contributed by atoms with Gasteiger partial charge in [0.2, 0.25) is 5.82 Å². The number of nitrogens with one attached hydrogen (secondary N) is 1. The average Bonchev–Trinajstić information content (AvgIpc) is 2.49. The van der Waals surface area contributed by atoms with E-state index in [4.69, 9.17) is 5.73 Å². The highest BCUT2D eigenvalue weighted by Gasteiger charge is 2.22. The molecule has 9 nitrogen and oxygen atoms in total. The predicted molar refractivity (Wildman–Crippen MR) is 84.8 cm³/mol. The predicted octanol–water partition coefficient (Wildman–Crippen LogP) is 1.96. The second kappa shape index (κ2) is 6.60. The van der Waals surface area contributed by atoms with E-state index in [0.29, 0.717) is 5.56 Å². The molecule has 1 aromatic carbocycles. The topological polar surface area (TPSA) is 147 Å². The molecule has 2 aromatic rings. The fourth-order valence-electron chi connectivity index (χ4n) is 2.11. The molecule has 1 aromatic heterocycles. The number of pyridine rings is 1. The summed E-state index contributed by atoms with van der Waals surface area (Å²) in [6.45, 7) is 1.67. The van der Waals surface area contributed by atoms with Crippen molar-refractivity contribution in [3.05, 3.63) is 52.2 Å². The van der Waals surface area contributed by atoms with Crippen LogP contribution in [0.3, 0.4) is 0 Å². The molecular formula is C14H15N5O4. The highest BCUT2D eigenvalue weighted by Crippen LogP contribution is 2.29. The molecule has 0 radical (unpaired) electrons. The van der Waals surface area contributed by atoms with Crippen LogP contribution in [0.5, 0.6) is 5.75 Å². The van der Waals surface area contributed by atoms with Gasteiger partial charge in [-0.05, 0) is 37.3 Å². The molecule has 0 saturated heterocycles. The first-order chi connectivity index (χ1) is 10.9. The first-order valence-electron chi connectivity index (χ1n) is 6.60. The van der Waals surface area contributed by atoms with Gasteiger partial charge in [0.25, 0.3) is 0 Å². The Morgan fingerprint density at radius 2 is 2.04 bits per heavy atom. The summed E-state index contributed by atoms with van der Waals surface area (Å²) < 4.78 is 0. The number of nitrogens with two attached hydrogens (primary N) is 1. The molecule has 2 rings (SSSR count). The van der Waals surface area contributed by atoms with Crippen LogP contribution in [-0.2, 0) is 0 Å². The number of aromatic nitrogens is 1. The van der Waals surface area contributed by atoms with Gasteiger partial charge in [0, 0.05) is 11.8 Å². The lowest BCUT2D eigenvalue weighted by molar-refractivity contribution is -0.383.